The molecule has 0 unspecified atom stereocenters. The second-order valence-corrected chi connectivity index (χ2v) is 6.20. The van der Waals surface area contributed by atoms with Gasteiger partial charge in [0.2, 0.25) is 5.91 Å². The van der Waals surface area contributed by atoms with Gasteiger partial charge in [-0.05, 0) is 50.8 Å². The summed E-state index contributed by atoms with van der Waals surface area (Å²) < 4.78 is 2.92. The highest BCUT2D eigenvalue weighted by Crippen LogP contribution is 2.12. The molecule has 3 rings (SSSR count). The van der Waals surface area contributed by atoms with Crippen molar-refractivity contribution in [3.05, 3.63) is 64.7 Å². The van der Waals surface area contributed by atoms with E-state index in [4.69, 9.17) is 0 Å². The summed E-state index contributed by atoms with van der Waals surface area (Å²) in [7, 11) is 3.72. The maximum Gasteiger partial charge on any atom is 0.350 e. The summed E-state index contributed by atoms with van der Waals surface area (Å²) >= 11 is 0. The van der Waals surface area contributed by atoms with Gasteiger partial charge in [-0.15, -0.1) is 5.10 Å². The van der Waals surface area contributed by atoms with Gasteiger partial charge in [0, 0.05) is 11.9 Å². The highest BCUT2D eigenvalue weighted by Gasteiger charge is 2.15. The van der Waals surface area contributed by atoms with Gasteiger partial charge in [0.15, 0.2) is 5.65 Å². The van der Waals surface area contributed by atoms with Gasteiger partial charge in [0.1, 0.15) is 0 Å². The highest BCUT2D eigenvalue weighted by molar-refractivity contribution is 5.94. The Morgan fingerprint density at radius 2 is 2.04 bits per heavy atom. The molecule has 2 aromatic heterocycles. The number of hydrogen-bond acceptors (Lipinski definition) is 4. The first-order valence-corrected chi connectivity index (χ1v) is 8.06. The zero-order valence-electron chi connectivity index (χ0n) is 14.5. The number of rotatable bonds is 5. The van der Waals surface area contributed by atoms with Gasteiger partial charge in [-0.1, -0.05) is 18.2 Å². The van der Waals surface area contributed by atoms with Crippen LogP contribution in [0, 0.1) is 0 Å². The lowest BCUT2D eigenvalue weighted by Gasteiger charge is -2.19. The Morgan fingerprint density at radius 3 is 2.76 bits per heavy atom. The van der Waals surface area contributed by atoms with E-state index in [0.717, 1.165) is 5.56 Å². The molecule has 7 nitrogen and oxygen atoms in total. The normalized spacial score (nSPS) is 12.5. The fourth-order valence-corrected chi connectivity index (χ4v) is 2.47. The Bertz CT molecular complexity index is 957. The molecule has 0 aliphatic carbocycles. The van der Waals surface area contributed by atoms with Crippen molar-refractivity contribution in [2.24, 2.45) is 0 Å². The lowest BCUT2D eigenvalue weighted by molar-refractivity contribution is -0.119. The van der Waals surface area contributed by atoms with E-state index in [2.05, 4.69) is 10.4 Å². The first-order chi connectivity index (χ1) is 12.0. The van der Waals surface area contributed by atoms with Gasteiger partial charge >= 0.3 is 5.69 Å². The number of amides is 1. The lowest BCUT2D eigenvalue weighted by atomic mass is 10.2. The van der Waals surface area contributed by atoms with Crippen LogP contribution in [0.25, 0.3) is 5.65 Å². The van der Waals surface area contributed by atoms with E-state index in [1.807, 2.05) is 56.3 Å². The van der Waals surface area contributed by atoms with E-state index in [9.17, 15) is 9.59 Å². The van der Waals surface area contributed by atoms with Crippen molar-refractivity contribution in [2.45, 2.75) is 19.5 Å². The average molecular weight is 339 g/mol. The Morgan fingerprint density at radius 1 is 1.24 bits per heavy atom. The topological polar surface area (TPSA) is 71.6 Å². The molecular weight excluding hydrogens is 318 g/mol. The second kappa shape index (κ2) is 6.90. The first kappa shape index (κ1) is 16.9. The van der Waals surface area contributed by atoms with E-state index in [1.165, 1.54) is 9.08 Å². The third-order valence-electron chi connectivity index (χ3n) is 4.17. The van der Waals surface area contributed by atoms with Crippen LogP contribution >= 0.6 is 0 Å². The minimum atomic E-state index is -0.232. The van der Waals surface area contributed by atoms with Crippen LogP contribution in [0.3, 0.4) is 0 Å². The monoisotopic (exact) mass is 339 g/mol. The molecule has 0 aliphatic heterocycles. The summed E-state index contributed by atoms with van der Waals surface area (Å²) in [5.41, 5.74) is 2.01. The van der Waals surface area contributed by atoms with E-state index in [0.29, 0.717) is 17.9 Å². The molecule has 0 bridgehead atoms. The fraction of sp³-hybridized carbons (Fsp3) is 0.278. The number of pyridine rings is 1. The molecule has 0 saturated carbocycles. The van der Waals surface area contributed by atoms with Gasteiger partial charge in [-0.2, -0.15) is 0 Å². The largest absolute Gasteiger partial charge is 0.350 e. The minimum Gasteiger partial charge on any atom is -0.325 e. The molecule has 1 amide bonds. The Labute approximate surface area is 145 Å². The van der Waals surface area contributed by atoms with Crippen LogP contribution < -0.4 is 11.0 Å². The van der Waals surface area contributed by atoms with Crippen LogP contribution in [-0.2, 0) is 11.3 Å². The summed E-state index contributed by atoms with van der Waals surface area (Å²) in [6.45, 7) is 2.18. The molecule has 0 radical (unpaired) electrons. The fourth-order valence-electron chi connectivity index (χ4n) is 2.47. The Kier molecular flexibility index (Phi) is 4.67. The summed E-state index contributed by atoms with van der Waals surface area (Å²) in [5, 5.41) is 7.22. The van der Waals surface area contributed by atoms with Crippen molar-refractivity contribution in [1.82, 2.24) is 19.1 Å². The summed E-state index contributed by atoms with van der Waals surface area (Å²) in [6, 6.07) is 12.6. The van der Waals surface area contributed by atoms with Gasteiger partial charge in [-0.3, -0.25) is 14.1 Å². The molecule has 0 spiro atoms. The summed E-state index contributed by atoms with van der Waals surface area (Å²) in [6.07, 6.45) is 1.69. The third kappa shape index (κ3) is 3.61. The van der Waals surface area contributed by atoms with Crippen LogP contribution in [0.5, 0.6) is 0 Å². The van der Waals surface area contributed by atoms with Gasteiger partial charge in [0.05, 0.1) is 12.6 Å². The van der Waals surface area contributed by atoms with Crippen LogP contribution in [-0.4, -0.2) is 45.1 Å². The van der Waals surface area contributed by atoms with E-state index >= 15 is 0 Å². The molecule has 130 valence electrons. The summed E-state index contributed by atoms with van der Waals surface area (Å²) in [4.78, 5) is 26.4. The zero-order chi connectivity index (χ0) is 18.0. The van der Waals surface area contributed by atoms with Crippen molar-refractivity contribution >= 4 is 17.2 Å². The molecule has 0 fully saturated rings. The van der Waals surface area contributed by atoms with Crippen molar-refractivity contribution < 1.29 is 4.79 Å². The number of nitrogens with one attached hydrogen (secondary N) is 1. The summed E-state index contributed by atoms with van der Waals surface area (Å²) in [5.74, 6) is -0.0768. The molecule has 1 atom stereocenters. The number of aromatic nitrogens is 3. The molecule has 2 heterocycles. The smallest absolute Gasteiger partial charge is 0.325 e. The molecular formula is C18H21N5O2. The minimum absolute atomic E-state index is 0.0768. The van der Waals surface area contributed by atoms with Crippen LogP contribution in [0.1, 0.15) is 12.5 Å². The van der Waals surface area contributed by atoms with E-state index < -0.39 is 0 Å². The van der Waals surface area contributed by atoms with Crippen molar-refractivity contribution in [1.29, 1.82) is 0 Å². The number of anilines is 1. The van der Waals surface area contributed by atoms with Crippen LogP contribution in [0.4, 0.5) is 5.69 Å². The number of nitrogens with zero attached hydrogens (tertiary/aromatic N) is 4. The van der Waals surface area contributed by atoms with Crippen molar-refractivity contribution in [2.75, 3.05) is 19.4 Å². The molecule has 0 saturated heterocycles. The number of fused-ring (bicyclic) bond motifs is 1. The predicted octanol–water partition coefficient (Wildman–Crippen LogP) is 1.43. The van der Waals surface area contributed by atoms with E-state index in [-0.39, 0.29) is 17.6 Å². The predicted molar refractivity (Wildman–Crippen MR) is 96.8 cm³/mol. The van der Waals surface area contributed by atoms with Gasteiger partial charge < -0.3 is 5.32 Å². The molecule has 7 heteroatoms. The lowest BCUT2D eigenvalue weighted by Crippen LogP contribution is -2.37. The average Bonchev–Trinajstić information content (AvgIpc) is 2.90. The zero-order valence-corrected chi connectivity index (χ0v) is 14.5. The number of likely N-dealkylation sites (N-methyl/N-ethyl adjacent to an activating group) is 1. The molecule has 0 aliphatic rings. The number of carbonyl (C=O) groups excluding carboxylic acids is 1. The van der Waals surface area contributed by atoms with Crippen molar-refractivity contribution in [3.63, 3.8) is 0 Å². The van der Waals surface area contributed by atoms with Crippen LogP contribution in [0.2, 0.25) is 0 Å². The highest BCUT2D eigenvalue weighted by atomic mass is 16.2. The SMILES string of the molecule is C[C@@H](C(=O)Nc1cccc(Cn2nc3ccccn3c2=O)c1)N(C)C. The first-order valence-electron chi connectivity index (χ1n) is 8.06. The molecule has 1 aromatic carbocycles. The van der Waals surface area contributed by atoms with Gasteiger partial charge in [0.25, 0.3) is 0 Å². The van der Waals surface area contributed by atoms with Crippen LogP contribution in [0.15, 0.2) is 53.5 Å². The quantitative estimate of drug-likeness (QED) is 0.763. The maximum atomic E-state index is 12.3. The standard InChI is InChI=1S/C18H21N5O2/c1-13(21(2)3)17(24)19-15-8-6-7-14(11-15)12-23-18(25)22-10-5-4-9-16(22)20-23/h4-11,13H,12H2,1-3H3,(H,19,24)/t13-/m0/s1. The molecule has 25 heavy (non-hydrogen) atoms. The Hall–Kier alpha value is -2.93. The second-order valence-electron chi connectivity index (χ2n) is 6.20. The maximum absolute atomic E-state index is 12.3. The number of benzene rings is 1. The van der Waals surface area contributed by atoms with Crippen molar-refractivity contribution in [3.8, 4) is 0 Å². The van der Waals surface area contributed by atoms with Gasteiger partial charge in [-0.25, -0.2) is 9.48 Å². The Balaban J connectivity index is 1.80. The number of hydrogen-bond donors (Lipinski definition) is 1. The molecule has 3 aromatic rings. The molecule has 1 N–H and O–H groups in total. The third-order valence-corrected chi connectivity index (χ3v) is 4.17. The number of carbonyl (C=O) groups is 1. The van der Waals surface area contributed by atoms with E-state index in [1.54, 1.807) is 18.3 Å².